The first-order valence-electron chi connectivity index (χ1n) is 7.81. The molecule has 5 nitrogen and oxygen atoms in total. The van der Waals surface area contributed by atoms with Crippen LogP contribution in [0.3, 0.4) is 0 Å². The number of anilines is 1. The van der Waals surface area contributed by atoms with Crippen LogP contribution in [0.4, 0.5) is 10.5 Å². The van der Waals surface area contributed by atoms with Crippen molar-refractivity contribution in [1.82, 2.24) is 4.90 Å². The molecule has 1 amide bonds. The molecule has 0 saturated carbocycles. The van der Waals surface area contributed by atoms with Crippen LogP contribution < -0.4 is 5.32 Å². The van der Waals surface area contributed by atoms with Gasteiger partial charge in [-0.25, -0.2) is 4.79 Å². The van der Waals surface area contributed by atoms with Gasteiger partial charge in [-0.05, 0) is 45.0 Å². The number of hydrogen-bond acceptors (Lipinski definition) is 4. The van der Waals surface area contributed by atoms with E-state index < -0.39 is 11.7 Å². The van der Waals surface area contributed by atoms with Crippen LogP contribution in [0.2, 0.25) is 0 Å². The number of carbonyl (C=O) groups excluding carboxylic acids is 1. The molecule has 0 aromatic heterocycles. The minimum atomic E-state index is -0.505. The first kappa shape index (κ1) is 17.3. The number of morpholine rings is 1. The summed E-state index contributed by atoms with van der Waals surface area (Å²) in [4.78, 5) is 14.0. The Morgan fingerprint density at radius 3 is 2.52 bits per heavy atom. The Kier molecular flexibility index (Phi) is 6.03. The van der Waals surface area contributed by atoms with Gasteiger partial charge >= 0.3 is 6.09 Å². The van der Waals surface area contributed by atoms with Gasteiger partial charge in [-0.1, -0.05) is 11.8 Å². The fourth-order valence-corrected chi connectivity index (χ4v) is 2.07. The summed E-state index contributed by atoms with van der Waals surface area (Å²) in [6.45, 7) is 9.70. The lowest BCUT2D eigenvalue weighted by molar-refractivity contribution is 0.0443. The zero-order valence-electron chi connectivity index (χ0n) is 14.0. The summed E-state index contributed by atoms with van der Waals surface area (Å²) in [5.41, 5.74) is 1.11. The number of hydrogen-bond donors (Lipinski definition) is 1. The van der Waals surface area contributed by atoms with Crippen LogP contribution in [0.1, 0.15) is 26.3 Å². The molecule has 0 radical (unpaired) electrons. The van der Waals surface area contributed by atoms with Gasteiger partial charge in [-0.2, -0.15) is 0 Å². The predicted molar refractivity (Wildman–Crippen MR) is 90.4 cm³/mol. The topological polar surface area (TPSA) is 50.8 Å². The maximum Gasteiger partial charge on any atom is 0.412 e. The van der Waals surface area contributed by atoms with Crippen LogP contribution in [-0.2, 0) is 9.47 Å². The molecule has 0 unspecified atom stereocenters. The molecule has 0 bridgehead atoms. The van der Waals surface area contributed by atoms with E-state index in [0.717, 1.165) is 38.4 Å². The third-order valence-electron chi connectivity index (χ3n) is 3.17. The average molecular weight is 316 g/mol. The maximum atomic E-state index is 11.7. The molecule has 1 aromatic rings. The molecule has 2 rings (SSSR count). The van der Waals surface area contributed by atoms with E-state index in [9.17, 15) is 4.79 Å². The van der Waals surface area contributed by atoms with Crippen molar-refractivity contribution >= 4 is 11.8 Å². The lowest BCUT2D eigenvalue weighted by Gasteiger charge is -2.24. The second-order valence-electron chi connectivity index (χ2n) is 6.39. The molecule has 1 heterocycles. The lowest BCUT2D eigenvalue weighted by atomic mass is 10.2. The molecule has 5 heteroatoms. The lowest BCUT2D eigenvalue weighted by Crippen LogP contribution is -2.36. The predicted octanol–water partition coefficient (Wildman–Crippen LogP) is 2.72. The van der Waals surface area contributed by atoms with Gasteiger partial charge in [0.1, 0.15) is 5.60 Å². The van der Waals surface area contributed by atoms with Gasteiger partial charge in [0.15, 0.2) is 0 Å². The number of nitrogens with zero attached hydrogens (tertiary/aromatic N) is 1. The summed E-state index contributed by atoms with van der Waals surface area (Å²) in [6.07, 6.45) is -0.455. The van der Waals surface area contributed by atoms with Crippen LogP contribution in [-0.4, -0.2) is 49.4 Å². The number of benzene rings is 1. The largest absolute Gasteiger partial charge is 0.444 e. The van der Waals surface area contributed by atoms with E-state index in [-0.39, 0.29) is 0 Å². The van der Waals surface area contributed by atoms with Gasteiger partial charge in [0.2, 0.25) is 0 Å². The third-order valence-corrected chi connectivity index (χ3v) is 3.17. The van der Waals surface area contributed by atoms with E-state index in [1.165, 1.54) is 0 Å². The van der Waals surface area contributed by atoms with Gasteiger partial charge in [0.25, 0.3) is 0 Å². The molecule has 1 aliphatic rings. The van der Waals surface area contributed by atoms with Crippen LogP contribution in [0.25, 0.3) is 0 Å². The van der Waals surface area contributed by atoms with E-state index >= 15 is 0 Å². The minimum absolute atomic E-state index is 0.455. The number of nitrogens with one attached hydrogen (secondary N) is 1. The Bertz CT molecular complexity index is 573. The molecule has 23 heavy (non-hydrogen) atoms. The second-order valence-corrected chi connectivity index (χ2v) is 6.39. The molecule has 1 aliphatic heterocycles. The number of amides is 1. The highest BCUT2D eigenvalue weighted by atomic mass is 16.6. The van der Waals surface area contributed by atoms with Gasteiger partial charge in [0, 0.05) is 24.3 Å². The molecule has 1 saturated heterocycles. The zero-order valence-corrected chi connectivity index (χ0v) is 14.0. The van der Waals surface area contributed by atoms with Gasteiger partial charge < -0.3 is 9.47 Å². The van der Waals surface area contributed by atoms with Crippen LogP contribution >= 0.6 is 0 Å². The normalized spacial score (nSPS) is 15.4. The Morgan fingerprint density at radius 2 is 1.91 bits per heavy atom. The molecule has 1 aromatic carbocycles. The summed E-state index contributed by atoms with van der Waals surface area (Å²) < 4.78 is 10.5. The smallest absolute Gasteiger partial charge is 0.412 e. The summed E-state index contributed by atoms with van der Waals surface area (Å²) >= 11 is 0. The third kappa shape index (κ3) is 6.72. The fraction of sp³-hybridized carbons (Fsp3) is 0.500. The average Bonchev–Trinajstić information content (AvgIpc) is 2.48. The quantitative estimate of drug-likeness (QED) is 0.852. The highest BCUT2D eigenvalue weighted by Crippen LogP contribution is 2.12. The van der Waals surface area contributed by atoms with Crippen molar-refractivity contribution in [1.29, 1.82) is 0 Å². The molecule has 0 aliphatic carbocycles. The van der Waals surface area contributed by atoms with E-state index in [1.807, 2.05) is 45.0 Å². The molecule has 1 N–H and O–H groups in total. The zero-order chi connectivity index (χ0) is 16.7. The Morgan fingerprint density at radius 1 is 1.26 bits per heavy atom. The van der Waals surface area contributed by atoms with Gasteiger partial charge in [0.05, 0.1) is 19.8 Å². The number of ether oxygens (including phenoxy) is 2. The highest BCUT2D eigenvalue weighted by molar-refractivity contribution is 5.84. The van der Waals surface area contributed by atoms with Crippen molar-refractivity contribution < 1.29 is 14.3 Å². The SMILES string of the molecule is CC(C)(C)OC(=O)Nc1ccc(C#CCN2CCOCC2)cc1. The van der Waals surface area contributed by atoms with Crippen molar-refractivity contribution in [3.8, 4) is 11.8 Å². The number of carbonyl (C=O) groups is 1. The minimum Gasteiger partial charge on any atom is -0.444 e. The van der Waals surface area contributed by atoms with E-state index in [0.29, 0.717) is 5.69 Å². The van der Waals surface area contributed by atoms with Crippen LogP contribution in [0.5, 0.6) is 0 Å². The maximum absolute atomic E-state index is 11.7. The molecule has 0 spiro atoms. The van der Waals surface area contributed by atoms with Crippen LogP contribution in [0.15, 0.2) is 24.3 Å². The van der Waals surface area contributed by atoms with Crippen molar-refractivity contribution in [2.45, 2.75) is 26.4 Å². The first-order chi connectivity index (χ1) is 10.9. The van der Waals surface area contributed by atoms with Crippen molar-refractivity contribution in [3.63, 3.8) is 0 Å². The molecule has 1 fully saturated rings. The van der Waals surface area contributed by atoms with Crippen LogP contribution in [0, 0.1) is 11.8 Å². The monoisotopic (exact) mass is 316 g/mol. The Hall–Kier alpha value is -2.03. The highest BCUT2D eigenvalue weighted by Gasteiger charge is 2.16. The summed E-state index contributed by atoms with van der Waals surface area (Å²) in [6, 6.07) is 7.42. The molecule has 124 valence electrons. The molecular formula is C18H24N2O3. The molecular weight excluding hydrogens is 292 g/mol. The standard InChI is InChI=1S/C18H24N2O3/c1-18(2,3)23-17(21)19-16-8-6-15(7-9-16)5-4-10-20-11-13-22-14-12-20/h6-9H,10-14H2,1-3H3,(H,19,21). The second kappa shape index (κ2) is 8.00. The molecule has 0 atom stereocenters. The Balaban J connectivity index is 1.83. The van der Waals surface area contributed by atoms with Gasteiger partial charge in [-0.3, -0.25) is 10.2 Å². The summed E-state index contributed by atoms with van der Waals surface area (Å²) in [5.74, 6) is 6.31. The summed E-state index contributed by atoms with van der Waals surface area (Å²) in [7, 11) is 0. The van der Waals surface area contributed by atoms with E-state index in [4.69, 9.17) is 9.47 Å². The van der Waals surface area contributed by atoms with E-state index in [1.54, 1.807) is 0 Å². The fourth-order valence-electron chi connectivity index (χ4n) is 2.07. The first-order valence-corrected chi connectivity index (χ1v) is 7.81. The van der Waals surface area contributed by atoms with Crippen molar-refractivity contribution in [3.05, 3.63) is 29.8 Å². The Labute approximate surface area is 138 Å². The van der Waals surface area contributed by atoms with Crippen molar-refractivity contribution in [2.24, 2.45) is 0 Å². The van der Waals surface area contributed by atoms with E-state index in [2.05, 4.69) is 22.1 Å². The van der Waals surface area contributed by atoms with Gasteiger partial charge in [-0.15, -0.1) is 0 Å². The van der Waals surface area contributed by atoms with Crippen molar-refractivity contribution in [2.75, 3.05) is 38.2 Å². The summed E-state index contributed by atoms with van der Waals surface area (Å²) in [5, 5.41) is 2.70. The number of rotatable bonds is 2.